The third-order valence-corrected chi connectivity index (χ3v) is 3.57. The van der Waals surface area contributed by atoms with E-state index in [1.165, 1.54) is 12.1 Å². The Balaban J connectivity index is 1.91. The molecule has 0 bridgehead atoms. The van der Waals surface area contributed by atoms with Gasteiger partial charge in [-0.1, -0.05) is 12.1 Å². The van der Waals surface area contributed by atoms with Gasteiger partial charge < -0.3 is 15.4 Å². The Morgan fingerprint density at radius 3 is 2.79 bits per heavy atom. The second kappa shape index (κ2) is 5.67. The summed E-state index contributed by atoms with van der Waals surface area (Å²) in [6.45, 7) is 1.64. The van der Waals surface area contributed by atoms with Crippen molar-refractivity contribution in [3.63, 3.8) is 0 Å². The zero-order valence-electron chi connectivity index (χ0n) is 11.1. The number of likely N-dealkylation sites (N-methyl/N-ethyl adjacent to an activating group) is 1. The van der Waals surface area contributed by atoms with E-state index in [-0.39, 0.29) is 11.7 Å². The van der Waals surface area contributed by atoms with Gasteiger partial charge in [-0.25, -0.2) is 4.39 Å². The van der Waals surface area contributed by atoms with E-state index >= 15 is 0 Å². The molecule has 1 aliphatic rings. The first kappa shape index (κ1) is 14.0. The van der Waals surface area contributed by atoms with Crippen molar-refractivity contribution in [2.75, 3.05) is 33.4 Å². The van der Waals surface area contributed by atoms with Gasteiger partial charge in [-0.3, -0.25) is 4.79 Å². The quantitative estimate of drug-likeness (QED) is 0.857. The van der Waals surface area contributed by atoms with Crippen molar-refractivity contribution in [3.05, 3.63) is 35.6 Å². The molecule has 1 amide bonds. The minimum atomic E-state index is -0.545. The molecular weight excluding hydrogens is 247 g/mol. The summed E-state index contributed by atoms with van der Waals surface area (Å²) in [6, 6.07) is 6.43. The monoisotopic (exact) mass is 266 g/mol. The van der Waals surface area contributed by atoms with Crippen LogP contribution >= 0.6 is 0 Å². The number of ether oxygens (including phenoxy) is 1. The molecule has 0 aliphatic carbocycles. The van der Waals surface area contributed by atoms with Crippen molar-refractivity contribution in [2.45, 2.75) is 6.42 Å². The summed E-state index contributed by atoms with van der Waals surface area (Å²) in [7, 11) is 1.75. The van der Waals surface area contributed by atoms with Crippen LogP contribution in [0, 0.1) is 11.2 Å². The highest BCUT2D eigenvalue weighted by molar-refractivity contribution is 5.84. The summed E-state index contributed by atoms with van der Waals surface area (Å²) < 4.78 is 18.1. The molecule has 104 valence electrons. The van der Waals surface area contributed by atoms with E-state index in [2.05, 4.69) is 0 Å². The first-order valence-corrected chi connectivity index (χ1v) is 6.35. The third-order valence-electron chi connectivity index (χ3n) is 3.57. The number of halogens is 1. The Labute approximate surface area is 112 Å². The van der Waals surface area contributed by atoms with Crippen LogP contribution in [0.5, 0.6) is 0 Å². The number of nitrogens with zero attached hydrogens (tertiary/aromatic N) is 1. The average Bonchev–Trinajstić information content (AvgIpc) is 2.35. The fourth-order valence-electron chi connectivity index (χ4n) is 2.17. The molecule has 1 aromatic carbocycles. The minimum Gasteiger partial charge on any atom is -0.379 e. The van der Waals surface area contributed by atoms with Crippen LogP contribution in [-0.4, -0.2) is 44.2 Å². The molecule has 0 unspecified atom stereocenters. The summed E-state index contributed by atoms with van der Waals surface area (Å²) in [5, 5.41) is 0. The fourth-order valence-corrected chi connectivity index (χ4v) is 2.17. The number of benzene rings is 1. The molecule has 1 aromatic rings. The smallest absolute Gasteiger partial charge is 0.234 e. The number of carbonyl (C=O) groups excluding carboxylic acids is 1. The molecule has 1 fully saturated rings. The Morgan fingerprint density at radius 1 is 1.53 bits per heavy atom. The molecule has 2 rings (SSSR count). The first-order chi connectivity index (χ1) is 9.07. The zero-order chi connectivity index (χ0) is 13.9. The molecule has 0 aromatic heterocycles. The van der Waals surface area contributed by atoms with Gasteiger partial charge in [0.25, 0.3) is 0 Å². The van der Waals surface area contributed by atoms with Crippen molar-refractivity contribution in [1.29, 1.82) is 0 Å². The number of carbonyl (C=O) groups is 1. The topological polar surface area (TPSA) is 55.6 Å². The van der Waals surface area contributed by atoms with E-state index in [1.807, 2.05) is 6.07 Å². The normalized spacial score (nSPS) is 16.8. The van der Waals surface area contributed by atoms with Crippen molar-refractivity contribution < 1.29 is 13.9 Å². The molecule has 2 N–H and O–H groups in total. The minimum absolute atomic E-state index is 0.0117. The van der Waals surface area contributed by atoms with E-state index in [0.29, 0.717) is 32.7 Å². The second-order valence-corrected chi connectivity index (χ2v) is 5.08. The molecule has 5 heteroatoms. The van der Waals surface area contributed by atoms with Crippen molar-refractivity contribution in [3.8, 4) is 0 Å². The number of rotatable bonds is 5. The van der Waals surface area contributed by atoms with Gasteiger partial charge in [0.05, 0.1) is 13.2 Å². The summed E-state index contributed by atoms with van der Waals surface area (Å²) in [5.41, 5.74) is 5.99. The van der Waals surface area contributed by atoms with E-state index in [9.17, 15) is 9.18 Å². The molecule has 0 spiro atoms. The maximum Gasteiger partial charge on any atom is 0.234 e. The van der Waals surface area contributed by atoms with Gasteiger partial charge in [-0.15, -0.1) is 0 Å². The molecule has 4 nitrogen and oxygen atoms in total. The van der Waals surface area contributed by atoms with Crippen LogP contribution < -0.4 is 5.73 Å². The predicted octanol–water partition coefficient (Wildman–Crippen LogP) is 0.802. The fraction of sp³-hybridized carbons (Fsp3) is 0.500. The Bertz CT molecular complexity index is 455. The Hall–Kier alpha value is -1.46. The van der Waals surface area contributed by atoms with Gasteiger partial charge in [-0.05, 0) is 24.1 Å². The van der Waals surface area contributed by atoms with E-state index in [4.69, 9.17) is 10.5 Å². The molecule has 0 atom stereocenters. The standard InChI is InChI=1S/C14H19FN2O2/c1-17(13(18)14(8-16)9-19-10-14)6-5-11-3-2-4-12(15)7-11/h2-4,7H,5-6,8-10,16H2,1H3. The van der Waals surface area contributed by atoms with Crippen LogP contribution in [0.1, 0.15) is 5.56 Å². The first-order valence-electron chi connectivity index (χ1n) is 6.35. The van der Waals surface area contributed by atoms with Crippen molar-refractivity contribution >= 4 is 5.91 Å². The zero-order valence-corrected chi connectivity index (χ0v) is 11.1. The molecular formula is C14H19FN2O2. The van der Waals surface area contributed by atoms with Crippen LogP contribution in [0.25, 0.3) is 0 Å². The van der Waals surface area contributed by atoms with Crippen LogP contribution in [0.15, 0.2) is 24.3 Å². The van der Waals surface area contributed by atoms with E-state index in [0.717, 1.165) is 5.56 Å². The van der Waals surface area contributed by atoms with Gasteiger partial charge in [0.2, 0.25) is 5.91 Å². The average molecular weight is 266 g/mol. The lowest BCUT2D eigenvalue weighted by atomic mass is 9.84. The highest BCUT2D eigenvalue weighted by Crippen LogP contribution is 2.28. The van der Waals surface area contributed by atoms with Crippen LogP contribution in [0.4, 0.5) is 4.39 Å². The van der Waals surface area contributed by atoms with Gasteiger partial charge in [0.15, 0.2) is 0 Å². The summed E-state index contributed by atoms with van der Waals surface area (Å²) >= 11 is 0. The number of hydrogen-bond donors (Lipinski definition) is 1. The second-order valence-electron chi connectivity index (χ2n) is 5.08. The van der Waals surface area contributed by atoms with Gasteiger partial charge in [0, 0.05) is 20.1 Å². The van der Waals surface area contributed by atoms with Crippen LogP contribution in [0.2, 0.25) is 0 Å². The molecule has 19 heavy (non-hydrogen) atoms. The summed E-state index contributed by atoms with van der Waals surface area (Å²) in [6.07, 6.45) is 0.626. The highest BCUT2D eigenvalue weighted by Gasteiger charge is 2.46. The number of hydrogen-bond acceptors (Lipinski definition) is 3. The lowest BCUT2D eigenvalue weighted by molar-refractivity contribution is -0.169. The Kier molecular flexibility index (Phi) is 4.17. The van der Waals surface area contributed by atoms with Crippen molar-refractivity contribution in [2.24, 2.45) is 11.1 Å². The maximum absolute atomic E-state index is 13.0. The molecule has 0 radical (unpaired) electrons. The third kappa shape index (κ3) is 2.93. The van der Waals surface area contributed by atoms with E-state index in [1.54, 1.807) is 18.0 Å². The maximum atomic E-state index is 13.0. The number of amides is 1. The molecule has 0 saturated carbocycles. The Morgan fingerprint density at radius 2 is 2.26 bits per heavy atom. The number of nitrogens with two attached hydrogens (primary N) is 1. The molecule has 1 saturated heterocycles. The van der Waals surface area contributed by atoms with Gasteiger partial charge in [0.1, 0.15) is 11.2 Å². The van der Waals surface area contributed by atoms with E-state index < -0.39 is 5.41 Å². The SMILES string of the molecule is CN(CCc1cccc(F)c1)C(=O)C1(CN)COC1. The van der Waals surface area contributed by atoms with Crippen molar-refractivity contribution in [1.82, 2.24) is 4.90 Å². The highest BCUT2D eigenvalue weighted by atomic mass is 19.1. The van der Waals surface area contributed by atoms with Crippen LogP contribution in [0.3, 0.4) is 0 Å². The summed E-state index contributed by atoms with van der Waals surface area (Å²) in [5.74, 6) is -0.241. The molecule has 1 heterocycles. The van der Waals surface area contributed by atoms with Gasteiger partial charge in [-0.2, -0.15) is 0 Å². The summed E-state index contributed by atoms with van der Waals surface area (Å²) in [4.78, 5) is 13.9. The van der Waals surface area contributed by atoms with Crippen LogP contribution in [-0.2, 0) is 16.0 Å². The molecule has 1 aliphatic heterocycles. The lowest BCUT2D eigenvalue weighted by Crippen LogP contribution is -2.58. The van der Waals surface area contributed by atoms with Gasteiger partial charge >= 0.3 is 0 Å². The predicted molar refractivity (Wildman–Crippen MR) is 70.0 cm³/mol. The largest absolute Gasteiger partial charge is 0.379 e. The lowest BCUT2D eigenvalue weighted by Gasteiger charge is -2.41.